The summed E-state index contributed by atoms with van der Waals surface area (Å²) in [5, 5.41) is 12.4. The molecule has 0 aliphatic heterocycles. The molecule has 1 saturated carbocycles. The molecule has 0 saturated heterocycles. The molecule has 0 amide bonds. The lowest BCUT2D eigenvalue weighted by Crippen LogP contribution is -2.37. The molecule has 2 rings (SSSR count). The van der Waals surface area contributed by atoms with Crippen LogP contribution in [0.5, 0.6) is 0 Å². The first-order valence-electron chi connectivity index (χ1n) is 7.17. The van der Waals surface area contributed by atoms with Crippen molar-refractivity contribution in [3.05, 3.63) is 12.4 Å². The van der Waals surface area contributed by atoms with Gasteiger partial charge < -0.3 is 5.11 Å². The van der Waals surface area contributed by atoms with E-state index < -0.39 is 16.0 Å². The Morgan fingerprint density at radius 1 is 1.43 bits per heavy atom. The summed E-state index contributed by atoms with van der Waals surface area (Å²) in [6.07, 6.45) is 7.35. The molecule has 1 fully saturated rings. The molecule has 1 aliphatic rings. The highest BCUT2D eigenvalue weighted by Crippen LogP contribution is 2.27. The van der Waals surface area contributed by atoms with Crippen LogP contribution in [0.1, 0.15) is 39.0 Å². The molecule has 2 N–H and O–H groups in total. The minimum atomic E-state index is -3.63. The minimum absolute atomic E-state index is 0.0152. The van der Waals surface area contributed by atoms with Crippen molar-refractivity contribution >= 4 is 16.0 Å². The number of nitrogens with zero attached hydrogens (tertiary/aromatic N) is 2. The topological polar surface area (TPSA) is 101 Å². The molecular formula is C13H21N3O4S. The zero-order valence-electron chi connectivity index (χ0n) is 12.0. The molecule has 0 spiro atoms. The van der Waals surface area contributed by atoms with Gasteiger partial charge in [0.05, 0.1) is 6.20 Å². The van der Waals surface area contributed by atoms with Gasteiger partial charge in [-0.2, -0.15) is 5.10 Å². The number of carboxylic acids is 1. The first-order chi connectivity index (χ1) is 9.90. The standard InChI is InChI=1S/C13H21N3O4S/c1-2-10-3-5-11(6-4-10)15-21(19,20)12-7-14-16(8-12)9-13(17)18/h7-8,10-11,15H,2-6,9H2,1H3,(H,17,18). The lowest BCUT2D eigenvalue weighted by molar-refractivity contribution is -0.137. The van der Waals surface area contributed by atoms with E-state index in [1.165, 1.54) is 12.4 Å². The number of hydrogen-bond donors (Lipinski definition) is 2. The molecule has 0 radical (unpaired) electrons. The molecule has 0 atom stereocenters. The third-order valence-electron chi connectivity index (χ3n) is 3.96. The van der Waals surface area contributed by atoms with E-state index in [1.807, 2.05) is 0 Å². The van der Waals surface area contributed by atoms with Crippen LogP contribution >= 0.6 is 0 Å². The van der Waals surface area contributed by atoms with E-state index in [4.69, 9.17) is 5.11 Å². The van der Waals surface area contributed by atoms with E-state index >= 15 is 0 Å². The third-order valence-corrected chi connectivity index (χ3v) is 5.44. The van der Waals surface area contributed by atoms with Crippen LogP contribution in [0.15, 0.2) is 17.3 Å². The summed E-state index contributed by atoms with van der Waals surface area (Å²) >= 11 is 0. The summed E-state index contributed by atoms with van der Waals surface area (Å²) in [6, 6.07) is -0.0411. The first kappa shape index (κ1) is 16.0. The average Bonchev–Trinajstić information content (AvgIpc) is 2.88. The summed E-state index contributed by atoms with van der Waals surface area (Å²) < 4.78 is 28.3. The molecule has 1 aromatic rings. The van der Waals surface area contributed by atoms with Gasteiger partial charge in [-0.1, -0.05) is 13.3 Å². The van der Waals surface area contributed by atoms with Gasteiger partial charge in [-0.15, -0.1) is 0 Å². The Hall–Kier alpha value is -1.41. The SMILES string of the molecule is CCC1CCC(NS(=O)(=O)c2cnn(CC(=O)O)c2)CC1. The van der Waals surface area contributed by atoms with Gasteiger partial charge in [0.2, 0.25) is 10.0 Å². The summed E-state index contributed by atoms with van der Waals surface area (Å²) in [6.45, 7) is 1.81. The number of aliphatic carboxylic acids is 1. The number of carboxylic acid groups (broad SMARTS) is 1. The second-order valence-corrected chi connectivity index (χ2v) is 7.23. The second-order valence-electron chi connectivity index (χ2n) is 5.51. The normalized spacial score (nSPS) is 23.1. The van der Waals surface area contributed by atoms with Gasteiger partial charge in [0.15, 0.2) is 0 Å². The van der Waals surface area contributed by atoms with Crippen LogP contribution in [0.25, 0.3) is 0 Å². The Morgan fingerprint density at radius 2 is 2.10 bits per heavy atom. The smallest absolute Gasteiger partial charge is 0.325 e. The largest absolute Gasteiger partial charge is 0.480 e. The molecular weight excluding hydrogens is 294 g/mol. The van der Waals surface area contributed by atoms with E-state index in [1.54, 1.807) is 0 Å². The number of sulfonamides is 1. The number of carbonyl (C=O) groups is 1. The lowest BCUT2D eigenvalue weighted by Gasteiger charge is -2.27. The van der Waals surface area contributed by atoms with Gasteiger partial charge in [-0.25, -0.2) is 13.1 Å². The third kappa shape index (κ3) is 4.28. The Labute approximate surface area is 124 Å². The van der Waals surface area contributed by atoms with Gasteiger partial charge in [-0.05, 0) is 31.6 Å². The molecule has 1 aromatic heterocycles. The van der Waals surface area contributed by atoms with Gasteiger partial charge in [0.25, 0.3) is 0 Å². The highest BCUT2D eigenvalue weighted by molar-refractivity contribution is 7.89. The van der Waals surface area contributed by atoms with E-state index in [-0.39, 0.29) is 17.5 Å². The number of nitrogens with one attached hydrogen (secondary N) is 1. The van der Waals surface area contributed by atoms with Crippen molar-refractivity contribution < 1.29 is 18.3 Å². The summed E-state index contributed by atoms with van der Waals surface area (Å²) in [4.78, 5) is 10.6. The van der Waals surface area contributed by atoms with Crippen LogP contribution < -0.4 is 4.72 Å². The fourth-order valence-corrected chi connectivity index (χ4v) is 3.94. The fourth-order valence-electron chi connectivity index (χ4n) is 2.68. The number of rotatable bonds is 6. The van der Waals surface area contributed by atoms with E-state index in [0.717, 1.165) is 36.8 Å². The van der Waals surface area contributed by atoms with Crippen LogP contribution in [-0.4, -0.2) is 35.3 Å². The maximum absolute atomic E-state index is 12.2. The van der Waals surface area contributed by atoms with E-state index in [9.17, 15) is 13.2 Å². The Kier molecular flexibility index (Phi) is 5.00. The van der Waals surface area contributed by atoms with Gasteiger partial charge in [-0.3, -0.25) is 9.48 Å². The van der Waals surface area contributed by atoms with E-state index in [2.05, 4.69) is 16.7 Å². The van der Waals surface area contributed by atoms with Crippen molar-refractivity contribution in [2.75, 3.05) is 0 Å². The van der Waals surface area contributed by atoms with E-state index in [0.29, 0.717) is 5.92 Å². The average molecular weight is 315 g/mol. The molecule has 0 aromatic carbocycles. The molecule has 7 nitrogen and oxygen atoms in total. The van der Waals surface area contributed by atoms with Gasteiger partial charge in [0.1, 0.15) is 11.4 Å². The molecule has 0 unspecified atom stereocenters. The molecule has 1 aliphatic carbocycles. The van der Waals surface area contributed by atoms with Crippen molar-refractivity contribution in [2.45, 2.75) is 56.5 Å². The Bertz CT molecular complexity index is 588. The van der Waals surface area contributed by atoms with Crippen molar-refractivity contribution in [1.29, 1.82) is 0 Å². The van der Waals surface area contributed by atoms with Gasteiger partial charge in [0, 0.05) is 12.2 Å². The molecule has 8 heteroatoms. The molecule has 0 bridgehead atoms. The molecule has 21 heavy (non-hydrogen) atoms. The van der Waals surface area contributed by atoms with Crippen LogP contribution in [0.4, 0.5) is 0 Å². The maximum Gasteiger partial charge on any atom is 0.325 e. The summed E-state index contributed by atoms with van der Waals surface area (Å²) in [5.41, 5.74) is 0. The van der Waals surface area contributed by atoms with Gasteiger partial charge >= 0.3 is 5.97 Å². The van der Waals surface area contributed by atoms with Crippen molar-refractivity contribution in [2.24, 2.45) is 5.92 Å². The Balaban J connectivity index is 1.98. The zero-order valence-corrected chi connectivity index (χ0v) is 12.8. The molecule has 1 heterocycles. The first-order valence-corrected chi connectivity index (χ1v) is 8.65. The van der Waals surface area contributed by atoms with Crippen molar-refractivity contribution in [1.82, 2.24) is 14.5 Å². The number of hydrogen-bond acceptors (Lipinski definition) is 4. The van der Waals surface area contributed by atoms with Crippen LogP contribution in [-0.2, 0) is 21.4 Å². The highest BCUT2D eigenvalue weighted by Gasteiger charge is 2.26. The molecule has 118 valence electrons. The summed E-state index contributed by atoms with van der Waals surface area (Å²) in [5.74, 6) is -0.364. The van der Waals surface area contributed by atoms with Crippen LogP contribution in [0, 0.1) is 5.92 Å². The lowest BCUT2D eigenvalue weighted by atomic mass is 9.85. The second kappa shape index (κ2) is 6.57. The van der Waals surface area contributed by atoms with Crippen molar-refractivity contribution in [3.8, 4) is 0 Å². The van der Waals surface area contributed by atoms with Crippen LogP contribution in [0.2, 0.25) is 0 Å². The summed E-state index contributed by atoms with van der Waals surface area (Å²) in [7, 11) is -3.63. The predicted molar refractivity (Wildman–Crippen MR) is 76.2 cm³/mol. The highest BCUT2D eigenvalue weighted by atomic mass is 32.2. The maximum atomic E-state index is 12.2. The monoisotopic (exact) mass is 315 g/mol. The predicted octanol–water partition coefficient (Wildman–Crippen LogP) is 1.21. The fraction of sp³-hybridized carbons (Fsp3) is 0.692. The Morgan fingerprint density at radius 3 is 2.67 bits per heavy atom. The zero-order chi connectivity index (χ0) is 15.5. The minimum Gasteiger partial charge on any atom is -0.480 e. The quantitative estimate of drug-likeness (QED) is 0.822. The van der Waals surface area contributed by atoms with Crippen molar-refractivity contribution in [3.63, 3.8) is 0 Å². The van der Waals surface area contributed by atoms with Crippen LogP contribution in [0.3, 0.4) is 0 Å². The number of aromatic nitrogens is 2.